The molecule has 0 aliphatic carbocycles. The first-order chi connectivity index (χ1) is 11.2. The first-order valence-electron chi connectivity index (χ1n) is 7.65. The lowest BCUT2D eigenvalue weighted by atomic mass is 10.3. The molecular weight excluding hydrogens is 373 g/mol. The highest BCUT2D eigenvalue weighted by Crippen LogP contribution is 2.30. The van der Waals surface area contributed by atoms with E-state index in [1.54, 1.807) is 11.0 Å². The van der Waals surface area contributed by atoms with Crippen LogP contribution in [0.4, 0.5) is 5.69 Å². The van der Waals surface area contributed by atoms with Crippen molar-refractivity contribution in [3.8, 4) is 0 Å². The van der Waals surface area contributed by atoms with Gasteiger partial charge in [-0.15, -0.1) is 0 Å². The number of sulfonamides is 1. The van der Waals surface area contributed by atoms with Gasteiger partial charge in [0, 0.05) is 31.2 Å². The monoisotopic (exact) mass is 393 g/mol. The molecule has 0 atom stereocenters. The second-order valence-electron chi connectivity index (χ2n) is 5.68. The van der Waals surface area contributed by atoms with Gasteiger partial charge in [-0.05, 0) is 24.7 Å². The Labute approximate surface area is 153 Å². The minimum absolute atomic E-state index is 0.215. The lowest BCUT2D eigenvalue weighted by Gasteiger charge is -2.35. The molecule has 1 aromatic rings. The van der Waals surface area contributed by atoms with E-state index < -0.39 is 10.0 Å². The van der Waals surface area contributed by atoms with Gasteiger partial charge in [-0.2, -0.15) is 0 Å². The zero-order valence-corrected chi connectivity index (χ0v) is 16.0. The topological polar surface area (TPSA) is 60.9 Å². The van der Waals surface area contributed by atoms with E-state index in [9.17, 15) is 13.2 Å². The van der Waals surface area contributed by atoms with Gasteiger partial charge in [0.25, 0.3) is 0 Å². The van der Waals surface area contributed by atoms with E-state index in [1.807, 2.05) is 0 Å². The Morgan fingerprint density at radius 2 is 1.83 bits per heavy atom. The Kier molecular flexibility index (Phi) is 6.36. The summed E-state index contributed by atoms with van der Waals surface area (Å²) in [5, 5.41) is 0.584. The number of halogens is 2. The van der Waals surface area contributed by atoms with Gasteiger partial charge < -0.3 is 9.80 Å². The Morgan fingerprint density at radius 3 is 2.38 bits per heavy atom. The third-order valence-corrected chi connectivity index (χ3v) is 5.71. The second kappa shape index (κ2) is 7.91. The van der Waals surface area contributed by atoms with Crippen LogP contribution in [-0.4, -0.2) is 69.6 Å². The molecule has 1 fully saturated rings. The maximum Gasteiger partial charge on any atom is 0.243 e. The van der Waals surface area contributed by atoms with Crippen molar-refractivity contribution in [2.75, 3.05) is 49.8 Å². The molecule has 1 aliphatic heterocycles. The van der Waals surface area contributed by atoms with Crippen molar-refractivity contribution in [1.82, 2.24) is 9.80 Å². The fourth-order valence-corrected chi connectivity index (χ4v) is 3.88. The molecule has 9 heteroatoms. The summed E-state index contributed by atoms with van der Waals surface area (Å²) in [6.45, 7) is 5.49. The predicted octanol–water partition coefficient (Wildman–Crippen LogP) is 1.92. The van der Waals surface area contributed by atoms with Gasteiger partial charge in [0.1, 0.15) is 6.54 Å². The number of hydrogen-bond donors (Lipinski definition) is 0. The van der Waals surface area contributed by atoms with Gasteiger partial charge >= 0.3 is 0 Å². The Hall–Kier alpha value is -1.02. The number of benzene rings is 1. The zero-order valence-electron chi connectivity index (χ0n) is 13.7. The number of amides is 1. The summed E-state index contributed by atoms with van der Waals surface area (Å²) in [5.74, 6) is -0.243. The minimum atomic E-state index is -3.67. The number of piperazine rings is 1. The number of nitrogens with zero attached hydrogens (tertiary/aromatic N) is 3. The van der Waals surface area contributed by atoms with Crippen molar-refractivity contribution in [1.29, 1.82) is 0 Å². The molecule has 0 radical (unpaired) electrons. The van der Waals surface area contributed by atoms with E-state index in [0.29, 0.717) is 18.1 Å². The van der Waals surface area contributed by atoms with Crippen molar-refractivity contribution in [2.45, 2.75) is 6.92 Å². The van der Waals surface area contributed by atoms with Crippen LogP contribution in [-0.2, 0) is 14.8 Å². The zero-order chi connectivity index (χ0) is 17.9. The largest absolute Gasteiger partial charge is 0.339 e. The van der Waals surface area contributed by atoms with Crippen molar-refractivity contribution in [3.05, 3.63) is 28.2 Å². The molecule has 6 nitrogen and oxygen atoms in total. The van der Waals surface area contributed by atoms with E-state index in [1.165, 1.54) is 12.1 Å². The first-order valence-corrected chi connectivity index (χ1v) is 10.3. The average Bonchev–Trinajstić information content (AvgIpc) is 2.54. The second-order valence-corrected chi connectivity index (χ2v) is 8.43. The molecular formula is C15H21Cl2N3O3S. The Bertz CT molecular complexity index is 704. The highest BCUT2D eigenvalue weighted by molar-refractivity contribution is 7.92. The van der Waals surface area contributed by atoms with Gasteiger partial charge in [0.2, 0.25) is 15.9 Å². The van der Waals surface area contributed by atoms with Gasteiger partial charge in [-0.3, -0.25) is 9.10 Å². The number of anilines is 1. The third-order valence-electron chi connectivity index (χ3n) is 4.03. The summed E-state index contributed by atoms with van der Waals surface area (Å²) >= 11 is 12.1. The quantitative estimate of drug-likeness (QED) is 0.766. The molecule has 2 rings (SSSR count). The molecule has 1 saturated heterocycles. The molecule has 1 heterocycles. The maximum absolute atomic E-state index is 12.5. The van der Waals surface area contributed by atoms with Gasteiger partial charge in [-0.1, -0.05) is 30.1 Å². The third kappa shape index (κ3) is 4.75. The van der Waals surface area contributed by atoms with Crippen LogP contribution in [0.5, 0.6) is 0 Å². The summed E-state index contributed by atoms with van der Waals surface area (Å²) in [5.41, 5.74) is 0.215. The molecule has 0 saturated carbocycles. The predicted molar refractivity (Wildman–Crippen MR) is 97.3 cm³/mol. The molecule has 1 aromatic carbocycles. The van der Waals surface area contributed by atoms with E-state index in [2.05, 4.69) is 11.8 Å². The number of hydrogen-bond acceptors (Lipinski definition) is 4. The lowest BCUT2D eigenvalue weighted by Crippen LogP contribution is -2.51. The van der Waals surface area contributed by atoms with Crippen LogP contribution in [0.25, 0.3) is 0 Å². The number of rotatable bonds is 5. The van der Waals surface area contributed by atoms with Crippen molar-refractivity contribution in [2.24, 2.45) is 0 Å². The van der Waals surface area contributed by atoms with E-state index >= 15 is 0 Å². The Morgan fingerprint density at radius 1 is 1.21 bits per heavy atom. The fraction of sp³-hybridized carbons (Fsp3) is 0.533. The standard InChI is InChI=1S/C15H21Cl2N3O3S/c1-3-18-6-8-19(9-7-18)15(21)11-20(24(2,22)23)14-10-12(16)4-5-13(14)17/h4-5,10H,3,6-9,11H2,1-2H3. The summed E-state index contributed by atoms with van der Waals surface area (Å²) in [6.07, 6.45) is 1.05. The number of likely N-dealkylation sites (N-methyl/N-ethyl adjacent to an activating group) is 1. The first kappa shape index (κ1) is 19.3. The van der Waals surface area contributed by atoms with E-state index in [0.717, 1.165) is 30.2 Å². The van der Waals surface area contributed by atoms with E-state index in [4.69, 9.17) is 23.2 Å². The van der Waals surface area contributed by atoms with Crippen LogP contribution in [0.2, 0.25) is 10.0 Å². The normalized spacial score (nSPS) is 16.2. The van der Waals surface area contributed by atoms with Gasteiger partial charge in [0.05, 0.1) is 17.0 Å². The number of carbonyl (C=O) groups is 1. The van der Waals surface area contributed by atoms with E-state index in [-0.39, 0.29) is 23.2 Å². The minimum Gasteiger partial charge on any atom is -0.339 e. The fourth-order valence-electron chi connectivity index (χ4n) is 2.59. The van der Waals surface area contributed by atoms with Gasteiger partial charge in [0.15, 0.2) is 0 Å². The van der Waals surface area contributed by atoms with Crippen LogP contribution < -0.4 is 4.31 Å². The van der Waals surface area contributed by atoms with Crippen molar-refractivity contribution >= 4 is 44.8 Å². The SMILES string of the molecule is CCN1CCN(C(=O)CN(c2cc(Cl)ccc2Cl)S(C)(=O)=O)CC1. The highest BCUT2D eigenvalue weighted by atomic mass is 35.5. The highest BCUT2D eigenvalue weighted by Gasteiger charge is 2.27. The molecule has 1 amide bonds. The molecule has 24 heavy (non-hydrogen) atoms. The van der Waals surface area contributed by atoms with Crippen LogP contribution in [0.3, 0.4) is 0 Å². The van der Waals surface area contributed by atoms with Crippen LogP contribution >= 0.6 is 23.2 Å². The van der Waals surface area contributed by atoms with Crippen LogP contribution in [0.1, 0.15) is 6.92 Å². The molecule has 0 unspecified atom stereocenters. The van der Waals surface area contributed by atoms with Crippen LogP contribution in [0.15, 0.2) is 18.2 Å². The summed E-state index contributed by atoms with van der Waals surface area (Å²) in [4.78, 5) is 16.5. The molecule has 134 valence electrons. The Balaban J connectivity index is 2.19. The summed E-state index contributed by atoms with van der Waals surface area (Å²) in [6, 6.07) is 4.54. The van der Waals surface area contributed by atoms with Crippen molar-refractivity contribution < 1.29 is 13.2 Å². The molecule has 1 aliphatic rings. The maximum atomic E-state index is 12.5. The molecule has 0 spiro atoms. The molecule has 0 N–H and O–H groups in total. The van der Waals surface area contributed by atoms with Crippen LogP contribution in [0, 0.1) is 0 Å². The molecule has 0 aromatic heterocycles. The molecule has 0 bridgehead atoms. The average molecular weight is 394 g/mol. The summed E-state index contributed by atoms with van der Waals surface area (Å²) < 4.78 is 25.3. The number of carbonyl (C=O) groups excluding carboxylic acids is 1. The van der Waals surface area contributed by atoms with Gasteiger partial charge in [-0.25, -0.2) is 8.42 Å². The van der Waals surface area contributed by atoms with Crippen molar-refractivity contribution in [3.63, 3.8) is 0 Å². The smallest absolute Gasteiger partial charge is 0.243 e. The lowest BCUT2D eigenvalue weighted by molar-refractivity contribution is -0.131. The summed E-state index contributed by atoms with van der Waals surface area (Å²) in [7, 11) is -3.67.